The molecule has 1 N–H and O–H groups in total. The largest absolute Gasteiger partial charge is 0.417 e. The van der Waals surface area contributed by atoms with Crippen molar-refractivity contribution in [3.8, 4) is 0 Å². The van der Waals surface area contributed by atoms with Crippen LogP contribution in [0.4, 0.5) is 13.2 Å². The van der Waals surface area contributed by atoms with Crippen molar-refractivity contribution < 1.29 is 18.3 Å². The molecule has 1 aromatic heterocycles. The number of alkyl halides is 3. The molecule has 2 unspecified atom stereocenters. The number of pyridine rings is 1. The molecular weight excluding hydrogens is 247 g/mol. The fraction of sp³-hybridized carbons (Fsp3) is 0.583. The van der Waals surface area contributed by atoms with E-state index in [-0.39, 0.29) is 12.5 Å². The number of aromatic nitrogens is 1. The highest BCUT2D eigenvalue weighted by atomic mass is 19.4. The molecule has 0 amide bonds. The first kappa shape index (κ1) is 14.8. The van der Waals surface area contributed by atoms with Crippen LogP contribution in [0.5, 0.6) is 0 Å². The summed E-state index contributed by atoms with van der Waals surface area (Å²) in [5.74, 6) is -0.0774. The van der Waals surface area contributed by atoms with E-state index in [2.05, 4.69) is 0 Å². The van der Waals surface area contributed by atoms with Crippen molar-refractivity contribution in [1.29, 1.82) is 0 Å². The Hall–Kier alpha value is -1.30. The summed E-state index contributed by atoms with van der Waals surface area (Å²) in [6.45, 7) is 3.52. The molecule has 0 aromatic carbocycles. The maximum absolute atomic E-state index is 12.5. The van der Waals surface area contributed by atoms with Crippen molar-refractivity contribution in [2.24, 2.45) is 5.92 Å². The number of hydrogen-bond donors (Lipinski definition) is 1. The Kier molecular flexibility index (Phi) is 4.56. The third kappa shape index (κ3) is 3.60. The van der Waals surface area contributed by atoms with E-state index in [1.807, 2.05) is 6.92 Å². The highest BCUT2D eigenvalue weighted by molar-refractivity contribution is 5.13. The van der Waals surface area contributed by atoms with Gasteiger partial charge >= 0.3 is 6.18 Å². The molecule has 0 saturated heterocycles. The SMILES string of the molecule is CCC(C)C(O)Cn1cc(C(F)(F)F)ccc1=O. The van der Waals surface area contributed by atoms with Crippen LogP contribution < -0.4 is 5.56 Å². The lowest BCUT2D eigenvalue weighted by Crippen LogP contribution is -2.30. The molecule has 0 spiro atoms. The van der Waals surface area contributed by atoms with Crippen molar-refractivity contribution in [2.75, 3.05) is 0 Å². The van der Waals surface area contributed by atoms with Crippen LogP contribution in [0, 0.1) is 5.92 Å². The average Bonchev–Trinajstić information content (AvgIpc) is 2.29. The molecule has 0 bridgehead atoms. The molecule has 0 aliphatic carbocycles. The maximum atomic E-state index is 12.5. The van der Waals surface area contributed by atoms with Gasteiger partial charge in [-0.3, -0.25) is 4.79 Å². The summed E-state index contributed by atoms with van der Waals surface area (Å²) in [6.07, 6.45) is -3.89. The van der Waals surface area contributed by atoms with Gasteiger partial charge in [0.25, 0.3) is 5.56 Å². The molecule has 1 heterocycles. The first-order valence-electron chi connectivity index (χ1n) is 5.71. The maximum Gasteiger partial charge on any atom is 0.417 e. The van der Waals surface area contributed by atoms with Crippen molar-refractivity contribution in [3.63, 3.8) is 0 Å². The first-order valence-corrected chi connectivity index (χ1v) is 5.71. The topological polar surface area (TPSA) is 42.2 Å². The van der Waals surface area contributed by atoms with Gasteiger partial charge in [0, 0.05) is 12.3 Å². The van der Waals surface area contributed by atoms with Crippen LogP contribution in [-0.2, 0) is 12.7 Å². The van der Waals surface area contributed by atoms with Crippen LogP contribution in [0.1, 0.15) is 25.8 Å². The zero-order valence-electron chi connectivity index (χ0n) is 10.2. The van der Waals surface area contributed by atoms with Crippen molar-refractivity contribution in [2.45, 2.75) is 39.1 Å². The lowest BCUT2D eigenvalue weighted by molar-refractivity contribution is -0.138. The van der Waals surface area contributed by atoms with Crippen LogP contribution in [0.25, 0.3) is 0 Å². The van der Waals surface area contributed by atoms with Gasteiger partial charge in [0.2, 0.25) is 0 Å². The third-order valence-electron chi connectivity index (χ3n) is 3.00. The molecule has 102 valence electrons. The van der Waals surface area contributed by atoms with Gasteiger partial charge in [-0.1, -0.05) is 20.3 Å². The van der Waals surface area contributed by atoms with Gasteiger partial charge in [0.15, 0.2) is 0 Å². The third-order valence-corrected chi connectivity index (χ3v) is 3.00. The van der Waals surface area contributed by atoms with E-state index in [9.17, 15) is 23.1 Å². The molecule has 0 fully saturated rings. The standard InChI is InChI=1S/C12H16F3NO2/c1-3-8(2)10(17)7-16-6-9(12(13,14)15)4-5-11(16)18/h4-6,8,10,17H,3,7H2,1-2H3. The minimum absolute atomic E-state index is 0.0774. The minimum Gasteiger partial charge on any atom is -0.391 e. The number of rotatable bonds is 4. The Labute approximate surface area is 103 Å². The quantitative estimate of drug-likeness (QED) is 0.905. The van der Waals surface area contributed by atoms with Crippen LogP contribution in [-0.4, -0.2) is 15.8 Å². The second-order valence-electron chi connectivity index (χ2n) is 4.36. The Bertz CT molecular complexity index is 453. The van der Waals surface area contributed by atoms with Gasteiger partial charge < -0.3 is 9.67 Å². The van der Waals surface area contributed by atoms with E-state index >= 15 is 0 Å². The van der Waals surface area contributed by atoms with Crippen LogP contribution in [0.15, 0.2) is 23.1 Å². The molecule has 6 heteroatoms. The number of hydrogen-bond acceptors (Lipinski definition) is 2. The molecule has 18 heavy (non-hydrogen) atoms. The summed E-state index contributed by atoms with van der Waals surface area (Å²) in [5.41, 5.74) is -1.44. The number of halogens is 3. The highest BCUT2D eigenvalue weighted by Crippen LogP contribution is 2.28. The van der Waals surface area contributed by atoms with Crippen LogP contribution in [0.3, 0.4) is 0 Å². The van der Waals surface area contributed by atoms with E-state index in [0.717, 1.165) is 22.9 Å². The summed E-state index contributed by atoms with van der Waals surface area (Å²) in [5, 5.41) is 9.75. The van der Waals surface area contributed by atoms with Gasteiger partial charge in [-0.25, -0.2) is 0 Å². The lowest BCUT2D eigenvalue weighted by atomic mass is 10.0. The van der Waals surface area contributed by atoms with E-state index < -0.39 is 23.4 Å². The molecule has 0 saturated carbocycles. The first-order chi connectivity index (χ1) is 8.25. The molecule has 0 radical (unpaired) electrons. The average molecular weight is 263 g/mol. The fourth-order valence-corrected chi connectivity index (χ4v) is 1.50. The van der Waals surface area contributed by atoms with Gasteiger partial charge in [-0.2, -0.15) is 13.2 Å². The number of aliphatic hydroxyl groups is 1. The molecule has 2 atom stereocenters. The number of aliphatic hydroxyl groups excluding tert-OH is 1. The lowest BCUT2D eigenvalue weighted by Gasteiger charge is -2.19. The summed E-state index contributed by atoms with van der Waals surface area (Å²) < 4.78 is 38.4. The highest BCUT2D eigenvalue weighted by Gasteiger charge is 2.31. The van der Waals surface area contributed by atoms with E-state index in [4.69, 9.17) is 0 Å². The predicted molar refractivity (Wildman–Crippen MR) is 61.2 cm³/mol. The molecule has 1 rings (SSSR count). The zero-order chi connectivity index (χ0) is 13.9. The Morgan fingerprint density at radius 3 is 2.50 bits per heavy atom. The summed E-state index contributed by atoms with van der Waals surface area (Å²) >= 11 is 0. The van der Waals surface area contributed by atoms with Crippen molar-refractivity contribution in [1.82, 2.24) is 4.57 Å². The second kappa shape index (κ2) is 5.56. The fourth-order valence-electron chi connectivity index (χ4n) is 1.50. The van der Waals surface area contributed by atoms with Gasteiger partial charge in [-0.05, 0) is 12.0 Å². The Morgan fingerprint density at radius 1 is 1.39 bits per heavy atom. The van der Waals surface area contributed by atoms with Gasteiger partial charge in [-0.15, -0.1) is 0 Å². The van der Waals surface area contributed by atoms with Crippen molar-refractivity contribution in [3.05, 3.63) is 34.2 Å². The Balaban J connectivity index is 2.99. The van der Waals surface area contributed by atoms with Gasteiger partial charge in [0.1, 0.15) is 0 Å². The van der Waals surface area contributed by atoms with E-state index in [0.29, 0.717) is 6.42 Å². The molecule has 3 nitrogen and oxygen atoms in total. The van der Waals surface area contributed by atoms with Gasteiger partial charge in [0.05, 0.1) is 18.2 Å². The summed E-state index contributed by atoms with van der Waals surface area (Å²) in [4.78, 5) is 11.4. The van der Waals surface area contributed by atoms with E-state index in [1.54, 1.807) is 6.92 Å². The van der Waals surface area contributed by atoms with E-state index in [1.165, 1.54) is 0 Å². The molecule has 0 aliphatic heterocycles. The Morgan fingerprint density at radius 2 is 2.00 bits per heavy atom. The normalized spacial score (nSPS) is 15.4. The smallest absolute Gasteiger partial charge is 0.391 e. The monoisotopic (exact) mass is 263 g/mol. The number of nitrogens with zero attached hydrogens (tertiary/aromatic N) is 1. The molecular formula is C12H16F3NO2. The summed E-state index contributed by atoms with van der Waals surface area (Å²) in [6, 6.07) is 1.61. The molecule has 1 aromatic rings. The zero-order valence-corrected chi connectivity index (χ0v) is 10.2. The van der Waals surface area contributed by atoms with Crippen molar-refractivity contribution >= 4 is 0 Å². The molecule has 0 aliphatic rings. The second-order valence-corrected chi connectivity index (χ2v) is 4.36. The van der Waals surface area contributed by atoms with Crippen LogP contribution in [0.2, 0.25) is 0 Å². The van der Waals surface area contributed by atoms with Crippen LogP contribution >= 0.6 is 0 Å². The predicted octanol–water partition coefficient (Wildman–Crippen LogP) is 2.27. The summed E-state index contributed by atoms with van der Waals surface area (Å²) in [7, 11) is 0. The minimum atomic E-state index is -4.49.